The smallest absolute Gasteiger partial charge is 0.107 e. The van der Waals surface area contributed by atoms with Gasteiger partial charge < -0.3 is 14.9 Å². The summed E-state index contributed by atoms with van der Waals surface area (Å²) in [5.41, 5.74) is 1.74. The van der Waals surface area contributed by atoms with Crippen LogP contribution in [-0.4, -0.2) is 22.9 Å². The molecular weight excluding hydrogens is 240 g/mol. The summed E-state index contributed by atoms with van der Waals surface area (Å²) in [6, 6.07) is 18.8. The van der Waals surface area contributed by atoms with Crippen molar-refractivity contribution in [1.82, 2.24) is 0 Å². The number of aliphatic hydroxyl groups is 2. The van der Waals surface area contributed by atoms with Gasteiger partial charge in [0.15, 0.2) is 0 Å². The predicted molar refractivity (Wildman–Crippen MR) is 73.5 cm³/mol. The van der Waals surface area contributed by atoms with E-state index in [4.69, 9.17) is 4.74 Å². The normalized spacial score (nSPS) is 14.0. The second kappa shape index (κ2) is 7.04. The third-order valence-electron chi connectivity index (χ3n) is 2.91. The van der Waals surface area contributed by atoms with Gasteiger partial charge in [-0.1, -0.05) is 60.7 Å². The zero-order chi connectivity index (χ0) is 13.5. The van der Waals surface area contributed by atoms with Crippen LogP contribution in [0.15, 0.2) is 60.7 Å². The van der Waals surface area contributed by atoms with Crippen molar-refractivity contribution in [3.63, 3.8) is 0 Å². The summed E-state index contributed by atoms with van der Waals surface area (Å²) in [7, 11) is 0. The van der Waals surface area contributed by atoms with Gasteiger partial charge in [0.2, 0.25) is 0 Å². The molecule has 2 atom stereocenters. The highest BCUT2D eigenvalue weighted by atomic mass is 16.5. The molecule has 19 heavy (non-hydrogen) atoms. The Labute approximate surface area is 113 Å². The molecule has 0 aliphatic heterocycles. The minimum absolute atomic E-state index is 0.102. The summed E-state index contributed by atoms with van der Waals surface area (Å²) in [4.78, 5) is 0. The zero-order valence-corrected chi connectivity index (χ0v) is 10.6. The summed E-state index contributed by atoms with van der Waals surface area (Å²) >= 11 is 0. The lowest BCUT2D eigenvalue weighted by Gasteiger charge is -2.18. The van der Waals surface area contributed by atoms with Crippen LogP contribution in [0.25, 0.3) is 0 Å². The minimum Gasteiger partial charge on any atom is -0.388 e. The first-order valence-electron chi connectivity index (χ1n) is 6.30. The monoisotopic (exact) mass is 258 g/mol. The average molecular weight is 258 g/mol. The van der Waals surface area contributed by atoms with E-state index in [0.29, 0.717) is 12.2 Å². The molecule has 2 N–H and O–H groups in total. The van der Waals surface area contributed by atoms with E-state index in [1.54, 1.807) is 12.1 Å². The quantitative estimate of drug-likeness (QED) is 0.836. The summed E-state index contributed by atoms with van der Waals surface area (Å²) < 4.78 is 5.41. The van der Waals surface area contributed by atoms with Crippen molar-refractivity contribution >= 4 is 0 Å². The third-order valence-corrected chi connectivity index (χ3v) is 2.91. The Kier molecular flexibility index (Phi) is 5.10. The van der Waals surface area contributed by atoms with Crippen LogP contribution >= 0.6 is 0 Å². The van der Waals surface area contributed by atoms with Gasteiger partial charge >= 0.3 is 0 Å². The number of ether oxygens (including phenoxy) is 1. The van der Waals surface area contributed by atoms with Crippen molar-refractivity contribution in [2.75, 3.05) is 6.61 Å². The Morgan fingerprint density at radius 1 is 0.842 bits per heavy atom. The Hall–Kier alpha value is -1.68. The number of hydrogen-bond acceptors (Lipinski definition) is 3. The van der Waals surface area contributed by atoms with Crippen molar-refractivity contribution < 1.29 is 14.9 Å². The lowest BCUT2D eigenvalue weighted by atomic mass is 10.1. The molecule has 0 amide bonds. The molecule has 0 aliphatic rings. The van der Waals surface area contributed by atoms with E-state index in [9.17, 15) is 10.2 Å². The first-order valence-corrected chi connectivity index (χ1v) is 6.30. The summed E-state index contributed by atoms with van der Waals surface area (Å²) in [6.07, 6.45) is -1.84. The van der Waals surface area contributed by atoms with Gasteiger partial charge in [-0.05, 0) is 11.1 Å². The Bertz CT molecular complexity index is 470. The second-order valence-corrected chi connectivity index (χ2v) is 4.42. The van der Waals surface area contributed by atoms with Crippen LogP contribution in [0.3, 0.4) is 0 Å². The molecule has 3 heteroatoms. The fourth-order valence-corrected chi connectivity index (χ4v) is 1.84. The lowest BCUT2D eigenvalue weighted by molar-refractivity contribution is -0.0434. The highest BCUT2D eigenvalue weighted by Crippen LogP contribution is 2.16. The molecule has 0 radical (unpaired) electrons. The highest BCUT2D eigenvalue weighted by molar-refractivity contribution is 5.18. The molecule has 0 unspecified atom stereocenters. The van der Waals surface area contributed by atoms with Crippen LogP contribution in [0.4, 0.5) is 0 Å². The molecular formula is C16H18O3. The van der Waals surface area contributed by atoms with Gasteiger partial charge in [0.25, 0.3) is 0 Å². The van der Waals surface area contributed by atoms with E-state index >= 15 is 0 Å². The van der Waals surface area contributed by atoms with Crippen LogP contribution in [0.5, 0.6) is 0 Å². The molecule has 0 heterocycles. The van der Waals surface area contributed by atoms with E-state index in [1.165, 1.54) is 0 Å². The predicted octanol–water partition coefficient (Wildman–Crippen LogP) is 2.30. The summed E-state index contributed by atoms with van der Waals surface area (Å²) in [5, 5.41) is 19.8. The van der Waals surface area contributed by atoms with Crippen molar-refractivity contribution in [3.8, 4) is 0 Å². The molecule has 2 rings (SSSR count). The van der Waals surface area contributed by atoms with Gasteiger partial charge in [-0.25, -0.2) is 0 Å². The van der Waals surface area contributed by atoms with E-state index in [1.807, 2.05) is 48.5 Å². The third kappa shape index (κ3) is 4.17. The van der Waals surface area contributed by atoms with Gasteiger partial charge in [-0.15, -0.1) is 0 Å². The maximum absolute atomic E-state index is 9.96. The zero-order valence-electron chi connectivity index (χ0n) is 10.6. The molecule has 0 saturated heterocycles. The van der Waals surface area contributed by atoms with E-state index in [-0.39, 0.29) is 6.61 Å². The fourth-order valence-electron chi connectivity index (χ4n) is 1.84. The average Bonchev–Trinajstić information content (AvgIpc) is 2.48. The lowest BCUT2D eigenvalue weighted by Crippen LogP contribution is -2.23. The maximum atomic E-state index is 9.96. The largest absolute Gasteiger partial charge is 0.388 e. The van der Waals surface area contributed by atoms with Crippen molar-refractivity contribution in [2.24, 2.45) is 0 Å². The number of benzene rings is 2. The highest BCUT2D eigenvalue weighted by Gasteiger charge is 2.17. The molecule has 0 aromatic heterocycles. The maximum Gasteiger partial charge on any atom is 0.107 e. The van der Waals surface area contributed by atoms with Crippen LogP contribution in [-0.2, 0) is 11.3 Å². The molecule has 0 saturated carbocycles. The van der Waals surface area contributed by atoms with Gasteiger partial charge in [-0.3, -0.25) is 0 Å². The number of aliphatic hydroxyl groups excluding tert-OH is 2. The second-order valence-electron chi connectivity index (χ2n) is 4.42. The summed E-state index contributed by atoms with van der Waals surface area (Å²) in [6.45, 7) is 0.532. The van der Waals surface area contributed by atoms with Crippen LogP contribution in [0.2, 0.25) is 0 Å². The van der Waals surface area contributed by atoms with Crippen LogP contribution < -0.4 is 0 Å². The standard InChI is InChI=1S/C16H18O3/c17-15(16(18)14-9-5-2-6-10-14)12-19-11-13-7-3-1-4-8-13/h1-10,15-18H,11-12H2/t15-,16-/m1/s1. The summed E-state index contributed by atoms with van der Waals surface area (Å²) in [5.74, 6) is 0. The Morgan fingerprint density at radius 2 is 1.42 bits per heavy atom. The van der Waals surface area contributed by atoms with Crippen molar-refractivity contribution in [1.29, 1.82) is 0 Å². The molecule has 0 fully saturated rings. The van der Waals surface area contributed by atoms with E-state index in [0.717, 1.165) is 5.56 Å². The van der Waals surface area contributed by atoms with Crippen molar-refractivity contribution in [2.45, 2.75) is 18.8 Å². The van der Waals surface area contributed by atoms with Crippen LogP contribution in [0, 0.1) is 0 Å². The van der Waals surface area contributed by atoms with E-state index < -0.39 is 12.2 Å². The Morgan fingerprint density at radius 3 is 2.05 bits per heavy atom. The SMILES string of the molecule is O[C@H](COCc1ccccc1)[C@H](O)c1ccccc1. The molecule has 2 aromatic rings. The first-order chi connectivity index (χ1) is 9.27. The number of rotatable bonds is 6. The molecule has 0 spiro atoms. The van der Waals surface area contributed by atoms with Gasteiger partial charge in [0, 0.05) is 0 Å². The molecule has 2 aromatic carbocycles. The fraction of sp³-hybridized carbons (Fsp3) is 0.250. The molecule has 0 aliphatic carbocycles. The number of hydrogen-bond donors (Lipinski definition) is 2. The topological polar surface area (TPSA) is 49.7 Å². The van der Waals surface area contributed by atoms with E-state index in [2.05, 4.69) is 0 Å². The van der Waals surface area contributed by atoms with Crippen molar-refractivity contribution in [3.05, 3.63) is 71.8 Å². The van der Waals surface area contributed by atoms with Gasteiger partial charge in [0.1, 0.15) is 12.2 Å². The van der Waals surface area contributed by atoms with Gasteiger partial charge in [-0.2, -0.15) is 0 Å². The minimum atomic E-state index is -0.925. The molecule has 3 nitrogen and oxygen atoms in total. The Balaban J connectivity index is 1.80. The first kappa shape index (κ1) is 13.7. The van der Waals surface area contributed by atoms with Gasteiger partial charge in [0.05, 0.1) is 13.2 Å². The molecule has 100 valence electrons. The van der Waals surface area contributed by atoms with Crippen LogP contribution in [0.1, 0.15) is 17.2 Å². The molecule has 0 bridgehead atoms.